The number of carboxylic acids is 1. The standard InChI is InChI=1S/C13H12N2O4S2/c1-7-4-10(21-9(7)2-3-11(16)17)12(18)14-5-8-6-20-13(19)15-8/h2-4,6H,5H2,1H3,(H,14,18)(H,15,19)(H,16,17)/b3-2+. The highest BCUT2D eigenvalue weighted by Gasteiger charge is 2.11. The van der Waals surface area contributed by atoms with E-state index in [4.69, 9.17) is 5.11 Å². The summed E-state index contributed by atoms with van der Waals surface area (Å²) in [5.41, 5.74) is 1.49. The van der Waals surface area contributed by atoms with Crippen LogP contribution in [0.5, 0.6) is 0 Å². The van der Waals surface area contributed by atoms with Gasteiger partial charge in [0.05, 0.1) is 11.4 Å². The summed E-state index contributed by atoms with van der Waals surface area (Å²) in [6.45, 7) is 2.06. The Morgan fingerprint density at radius 2 is 2.24 bits per heavy atom. The number of aryl methyl sites for hydroxylation is 1. The van der Waals surface area contributed by atoms with Crippen molar-refractivity contribution in [3.63, 3.8) is 0 Å². The molecule has 8 heteroatoms. The summed E-state index contributed by atoms with van der Waals surface area (Å²) in [6, 6.07) is 1.71. The van der Waals surface area contributed by atoms with Crippen LogP contribution in [0.3, 0.4) is 0 Å². The van der Waals surface area contributed by atoms with E-state index in [0.717, 1.165) is 27.9 Å². The maximum Gasteiger partial charge on any atom is 0.328 e. The lowest BCUT2D eigenvalue weighted by Crippen LogP contribution is -2.22. The number of carboxylic acid groups (broad SMARTS) is 1. The third kappa shape index (κ3) is 4.14. The number of H-pyrrole nitrogens is 1. The summed E-state index contributed by atoms with van der Waals surface area (Å²) < 4.78 is 0. The highest BCUT2D eigenvalue weighted by molar-refractivity contribution is 7.15. The number of aliphatic carboxylic acids is 1. The Morgan fingerprint density at radius 1 is 1.48 bits per heavy atom. The Bertz CT molecular complexity index is 754. The van der Waals surface area contributed by atoms with Crippen LogP contribution in [0.1, 0.15) is 25.8 Å². The quantitative estimate of drug-likeness (QED) is 0.731. The van der Waals surface area contributed by atoms with Gasteiger partial charge in [-0.25, -0.2) is 4.79 Å². The third-order valence-electron chi connectivity index (χ3n) is 2.57. The van der Waals surface area contributed by atoms with Gasteiger partial charge in [0.1, 0.15) is 0 Å². The monoisotopic (exact) mass is 324 g/mol. The van der Waals surface area contributed by atoms with Crippen LogP contribution < -0.4 is 10.2 Å². The Balaban J connectivity index is 2.04. The molecule has 2 heterocycles. The molecule has 0 fully saturated rings. The second-order valence-electron chi connectivity index (χ2n) is 4.19. The maximum absolute atomic E-state index is 12.0. The van der Waals surface area contributed by atoms with E-state index in [1.54, 1.807) is 11.4 Å². The number of rotatable bonds is 5. The molecule has 2 aromatic rings. The first-order chi connectivity index (χ1) is 9.95. The molecule has 0 radical (unpaired) electrons. The van der Waals surface area contributed by atoms with Crippen LogP contribution in [0.25, 0.3) is 6.08 Å². The first-order valence-corrected chi connectivity index (χ1v) is 7.61. The van der Waals surface area contributed by atoms with Crippen molar-refractivity contribution in [2.24, 2.45) is 0 Å². The first-order valence-electron chi connectivity index (χ1n) is 5.92. The van der Waals surface area contributed by atoms with Crippen LogP contribution in [0, 0.1) is 6.92 Å². The van der Waals surface area contributed by atoms with Gasteiger partial charge in [-0.15, -0.1) is 11.3 Å². The number of thiazole rings is 1. The fraction of sp³-hybridized carbons (Fsp3) is 0.154. The van der Waals surface area contributed by atoms with Crippen LogP contribution in [0.4, 0.5) is 0 Å². The molecule has 0 aromatic carbocycles. The van der Waals surface area contributed by atoms with Crippen molar-refractivity contribution in [3.05, 3.63) is 48.2 Å². The van der Waals surface area contributed by atoms with E-state index in [1.165, 1.54) is 17.4 Å². The molecule has 0 saturated heterocycles. The van der Waals surface area contributed by atoms with E-state index < -0.39 is 5.97 Å². The van der Waals surface area contributed by atoms with Crippen LogP contribution in [-0.2, 0) is 11.3 Å². The topological polar surface area (TPSA) is 99.3 Å². The fourth-order valence-electron chi connectivity index (χ4n) is 1.58. The molecule has 0 aliphatic carbocycles. The molecule has 0 aliphatic rings. The molecule has 3 N–H and O–H groups in total. The predicted molar refractivity (Wildman–Crippen MR) is 81.8 cm³/mol. The van der Waals surface area contributed by atoms with Crippen LogP contribution in [0.2, 0.25) is 0 Å². The lowest BCUT2D eigenvalue weighted by atomic mass is 10.2. The summed E-state index contributed by atoms with van der Waals surface area (Å²) in [5.74, 6) is -1.29. The van der Waals surface area contributed by atoms with Crippen molar-refractivity contribution in [1.29, 1.82) is 0 Å². The van der Waals surface area contributed by atoms with Crippen molar-refractivity contribution in [3.8, 4) is 0 Å². The first kappa shape index (κ1) is 15.2. The number of hydrogen-bond donors (Lipinski definition) is 3. The Hall–Kier alpha value is -2.19. The van der Waals surface area contributed by atoms with Gasteiger partial charge < -0.3 is 15.4 Å². The average Bonchev–Trinajstić information content (AvgIpc) is 3.00. The van der Waals surface area contributed by atoms with E-state index in [0.29, 0.717) is 10.6 Å². The van der Waals surface area contributed by atoms with Gasteiger partial charge in [0, 0.05) is 22.0 Å². The lowest BCUT2D eigenvalue weighted by molar-refractivity contribution is -0.131. The molecule has 0 spiro atoms. The van der Waals surface area contributed by atoms with E-state index in [9.17, 15) is 14.4 Å². The molecule has 110 valence electrons. The number of carbonyl (C=O) groups is 2. The van der Waals surface area contributed by atoms with E-state index in [-0.39, 0.29) is 17.3 Å². The zero-order chi connectivity index (χ0) is 15.4. The maximum atomic E-state index is 12.0. The van der Waals surface area contributed by atoms with Gasteiger partial charge in [0.25, 0.3) is 5.91 Å². The molecular weight excluding hydrogens is 312 g/mol. The third-order valence-corrected chi connectivity index (χ3v) is 4.49. The normalized spacial score (nSPS) is 10.9. The molecular formula is C13H12N2O4S2. The molecule has 0 aliphatic heterocycles. The summed E-state index contributed by atoms with van der Waals surface area (Å²) in [4.78, 5) is 37.1. The zero-order valence-corrected chi connectivity index (χ0v) is 12.6. The minimum absolute atomic E-state index is 0.160. The fourth-order valence-corrected chi connectivity index (χ4v) is 3.16. The van der Waals surface area contributed by atoms with Crippen molar-refractivity contribution < 1.29 is 14.7 Å². The molecule has 6 nitrogen and oxygen atoms in total. The number of hydrogen-bond acceptors (Lipinski definition) is 5. The van der Waals surface area contributed by atoms with Gasteiger partial charge in [0.2, 0.25) is 0 Å². The minimum Gasteiger partial charge on any atom is -0.478 e. The SMILES string of the molecule is Cc1cc(C(=O)NCc2csc(=O)[nH]2)sc1/C=C/C(=O)O. The van der Waals surface area contributed by atoms with E-state index in [2.05, 4.69) is 10.3 Å². The van der Waals surface area contributed by atoms with Crippen molar-refractivity contribution in [2.45, 2.75) is 13.5 Å². The molecule has 0 bridgehead atoms. The van der Waals surface area contributed by atoms with Crippen LogP contribution in [-0.4, -0.2) is 22.0 Å². The van der Waals surface area contributed by atoms with Crippen molar-refractivity contribution in [2.75, 3.05) is 0 Å². The highest BCUT2D eigenvalue weighted by atomic mass is 32.1. The Morgan fingerprint density at radius 3 is 2.86 bits per heavy atom. The molecule has 2 aromatic heterocycles. The number of nitrogens with one attached hydrogen (secondary N) is 2. The Kier molecular flexibility index (Phi) is 4.71. The summed E-state index contributed by atoms with van der Waals surface area (Å²) in [5, 5.41) is 13.0. The zero-order valence-electron chi connectivity index (χ0n) is 11.0. The van der Waals surface area contributed by atoms with E-state index >= 15 is 0 Å². The number of amides is 1. The van der Waals surface area contributed by atoms with Gasteiger partial charge in [-0.05, 0) is 24.6 Å². The van der Waals surface area contributed by atoms with Gasteiger partial charge in [0.15, 0.2) is 0 Å². The average molecular weight is 324 g/mol. The number of carbonyl (C=O) groups excluding carboxylic acids is 1. The van der Waals surface area contributed by atoms with Gasteiger partial charge in [-0.2, -0.15) is 0 Å². The molecule has 0 saturated carbocycles. The summed E-state index contributed by atoms with van der Waals surface area (Å²) in [7, 11) is 0. The van der Waals surface area contributed by atoms with Crippen LogP contribution >= 0.6 is 22.7 Å². The van der Waals surface area contributed by atoms with E-state index in [1.807, 2.05) is 6.92 Å². The second-order valence-corrected chi connectivity index (χ2v) is 6.11. The van der Waals surface area contributed by atoms with Crippen molar-refractivity contribution >= 4 is 40.6 Å². The molecule has 2 rings (SSSR count). The van der Waals surface area contributed by atoms with Crippen molar-refractivity contribution in [1.82, 2.24) is 10.3 Å². The number of thiophene rings is 1. The number of aromatic nitrogens is 1. The van der Waals surface area contributed by atoms with Gasteiger partial charge in [-0.1, -0.05) is 11.3 Å². The predicted octanol–water partition coefficient (Wildman–Crippen LogP) is 1.83. The summed E-state index contributed by atoms with van der Waals surface area (Å²) in [6.07, 6.45) is 2.51. The molecule has 0 atom stereocenters. The highest BCUT2D eigenvalue weighted by Crippen LogP contribution is 2.23. The molecule has 21 heavy (non-hydrogen) atoms. The smallest absolute Gasteiger partial charge is 0.328 e. The lowest BCUT2D eigenvalue weighted by Gasteiger charge is -2.00. The largest absolute Gasteiger partial charge is 0.478 e. The minimum atomic E-state index is -1.03. The number of aromatic amines is 1. The Labute approximate surface area is 127 Å². The molecule has 1 amide bonds. The van der Waals surface area contributed by atoms with Crippen LogP contribution in [0.15, 0.2) is 22.3 Å². The summed E-state index contributed by atoms with van der Waals surface area (Å²) >= 11 is 2.26. The van der Waals surface area contributed by atoms with Gasteiger partial charge in [-0.3, -0.25) is 9.59 Å². The second kappa shape index (κ2) is 6.51. The van der Waals surface area contributed by atoms with Gasteiger partial charge >= 0.3 is 10.8 Å². The molecule has 0 unspecified atom stereocenters.